The van der Waals surface area contributed by atoms with Crippen LogP contribution in [0.4, 0.5) is 0 Å². The molecule has 1 aromatic heterocycles. The van der Waals surface area contributed by atoms with Crippen LogP contribution in [-0.2, 0) is 6.54 Å². The lowest BCUT2D eigenvalue weighted by Gasteiger charge is -2.05. The Morgan fingerprint density at radius 2 is 1.94 bits per heavy atom. The van der Waals surface area contributed by atoms with Gasteiger partial charge in [0.2, 0.25) is 0 Å². The van der Waals surface area contributed by atoms with Crippen molar-refractivity contribution >= 4 is 11.3 Å². The molecule has 0 aliphatic rings. The summed E-state index contributed by atoms with van der Waals surface area (Å²) in [5, 5.41) is 5.67. The van der Waals surface area contributed by atoms with Crippen LogP contribution in [0, 0.1) is 0 Å². The molecular weight excluding hydrogens is 214 g/mol. The van der Waals surface area contributed by atoms with Crippen molar-refractivity contribution < 1.29 is 0 Å². The normalized spacial score (nSPS) is 10.9. The molecule has 2 rings (SSSR count). The van der Waals surface area contributed by atoms with E-state index in [0.717, 1.165) is 6.54 Å². The van der Waals surface area contributed by atoms with Crippen LogP contribution in [0.2, 0.25) is 0 Å². The van der Waals surface area contributed by atoms with Crippen LogP contribution in [-0.4, -0.2) is 6.04 Å². The second-order valence-electron chi connectivity index (χ2n) is 4.22. The van der Waals surface area contributed by atoms with Crippen molar-refractivity contribution in [3.63, 3.8) is 0 Å². The Bertz CT molecular complexity index is 431. The van der Waals surface area contributed by atoms with Gasteiger partial charge in [0, 0.05) is 17.5 Å². The van der Waals surface area contributed by atoms with Gasteiger partial charge in [-0.2, -0.15) is 0 Å². The maximum absolute atomic E-state index is 3.43. The van der Waals surface area contributed by atoms with Crippen molar-refractivity contribution in [2.45, 2.75) is 26.4 Å². The van der Waals surface area contributed by atoms with E-state index in [4.69, 9.17) is 0 Å². The van der Waals surface area contributed by atoms with Crippen molar-refractivity contribution in [3.8, 4) is 10.4 Å². The third-order valence-corrected chi connectivity index (χ3v) is 3.45. The molecule has 0 amide bonds. The van der Waals surface area contributed by atoms with E-state index < -0.39 is 0 Å². The molecule has 0 radical (unpaired) electrons. The Kier molecular flexibility index (Phi) is 3.75. The lowest BCUT2D eigenvalue weighted by molar-refractivity contribution is 0.590. The molecule has 0 atom stereocenters. The van der Waals surface area contributed by atoms with Gasteiger partial charge in [0.25, 0.3) is 0 Å². The Labute approximate surface area is 101 Å². The molecule has 16 heavy (non-hydrogen) atoms. The Balaban J connectivity index is 2.08. The van der Waals surface area contributed by atoms with E-state index in [0.29, 0.717) is 6.04 Å². The average molecular weight is 231 g/mol. The molecule has 2 heteroatoms. The van der Waals surface area contributed by atoms with Gasteiger partial charge in [-0.1, -0.05) is 44.2 Å². The van der Waals surface area contributed by atoms with Gasteiger partial charge in [-0.05, 0) is 22.6 Å². The van der Waals surface area contributed by atoms with Crippen LogP contribution in [0.5, 0.6) is 0 Å². The van der Waals surface area contributed by atoms with Gasteiger partial charge in [0.05, 0.1) is 0 Å². The predicted molar refractivity (Wildman–Crippen MR) is 71.7 cm³/mol. The van der Waals surface area contributed by atoms with Gasteiger partial charge < -0.3 is 5.32 Å². The fraction of sp³-hybridized carbons (Fsp3) is 0.286. The van der Waals surface area contributed by atoms with Gasteiger partial charge in [-0.3, -0.25) is 0 Å². The maximum atomic E-state index is 3.43. The first-order valence-electron chi connectivity index (χ1n) is 5.62. The molecule has 0 unspecified atom stereocenters. The van der Waals surface area contributed by atoms with Gasteiger partial charge >= 0.3 is 0 Å². The van der Waals surface area contributed by atoms with Gasteiger partial charge in [-0.15, -0.1) is 11.3 Å². The zero-order chi connectivity index (χ0) is 11.4. The minimum absolute atomic E-state index is 0.542. The van der Waals surface area contributed by atoms with E-state index in [2.05, 4.69) is 60.9 Å². The first-order valence-corrected chi connectivity index (χ1v) is 6.50. The largest absolute Gasteiger partial charge is 0.310 e. The summed E-state index contributed by atoms with van der Waals surface area (Å²) in [6.07, 6.45) is 0. The van der Waals surface area contributed by atoms with Gasteiger partial charge in [-0.25, -0.2) is 0 Å². The first-order chi connectivity index (χ1) is 7.75. The molecule has 0 saturated carbocycles. The molecule has 0 saturated heterocycles. The molecule has 0 fully saturated rings. The molecule has 0 aliphatic heterocycles. The summed E-state index contributed by atoms with van der Waals surface area (Å²) in [6, 6.07) is 13.4. The topological polar surface area (TPSA) is 12.0 Å². The number of rotatable bonds is 4. The predicted octanol–water partition coefficient (Wildman–Crippen LogP) is 3.91. The third kappa shape index (κ3) is 2.94. The van der Waals surface area contributed by atoms with Crippen molar-refractivity contribution in [1.82, 2.24) is 5.32 Å². The minimum Gasteiger partial charge on any atom is -0.310 e. The first kappa shape index (κ1) is 11.4. The molecule has 0 spiro atoms. The molecule has 1 N–H and O–H groups in total. The van der Waals surface area contributed by atoms with Crippen molar-refractivity contribution in [3.05, 3.63) is 47.3 Å². The van der Waals surface area contributed by atoms with Crippen LogP contribution in [0.1, 0.15) is 19.4 Å². The second-order valence-corrected chi connectivity index (χ2v) is 5.13. The monoisotopic (exact) mass is 231 g/mol. The summed E-state index contributed by atoms with van der Waals surface area (Å²) in [5.74, 6) is 0. The molecule has 0 bridgehead atoms. The quantitative estimate of drug-likeness (QED) is 0.841. The molecule has 0 aliphatic carbocycles. The van der Waals surface area contributed by atoms with Crippen LogP contribution in [0.25, 0.3) is 10.4 Å². The molecule has 1 aromatic carbocycles. The van der Waals surface area contributed by atoms with Crippen LogP contribution in [0.15, 0.2) is 41.8 Å². The lowest BCUT2D eigenvalue weighted by atomic mass is 10.1. The highest BCUT2D eigenvalue weighted by Gasteiger charge is 2.02. The van der Waals surface area contributed by atoms with Crippen LogP contribution in [0.3, 0.4) is 0 Å². The molecular formula is C14H17NS. The van der Waals surface area contributed by atoms with E-state index in [-0.39, 0.29) is 0 Å². The zero-order valence-corrected chi connectivity index (χ0v) is 10.6. The smallest absolute Gasteiger partial charge is 0.0346 e. The van der Waals surface area contributed by atoms with E-state index >= 15 is 0 Å². The fourth-order valence-electron chi connectivity index (χ4n) is 1.54. The Morgan fingerprint density at radius 1 is 1.19 bits per heavy atom. The molecule has 1 heterocycles. The fourth-order valence-corrected chi connectivity index (χ4v) is 2.47. The van der Waals surface area contributed by atoms with Crippen LogP contribution >= 0.6 is 11.3 Å². The van der Waals surface area contributed by atoms with Gasteiger partial charge in [0.15, 0.2) is 0 Å². The number of benzene rings is 1. The Hall–Kier alpha value is -1.12. The molecule has 84 valence electrons. The standard InChI is InChI=1S/C14H17NS/c1-11(2)15-9-12-8-14(16-10-12)13-6-4-3-5-7-13/h3-8,10-11,15H,9H2,1-2H3. The van der Waals surface area contributed by atoms with E-state index in [1.807, 2.05) is 11.3 Å². The number of hydrogen-bond donors (Lipinski definition) is 1. The summed E-state index contributed by atoms with van der Waals surface area (Å²) in [7, 11) is 0. The maximum Gasteiger partial charge on any atom is 0.0346 e. The lowest BCUT2D eigenvalue weighted by Crippen LogP contribution is -2.21. The zero-order valence-electron chi connectivity index (χ0n) is 9.73. The molecule has 2 aromatic rings. The number of nitrogens with one attached hydrogen (secondary N) is 1. The average Bonchev–Trinajstić information content (AvgIpc) is 2.76. The summed E-state index contributed by atoms with van der Waals surface area (Å²) < 4.78 is 0. The summed E-state index contributed by atoms with van der Waals surface area (Å²) in [4.78, 5) is 1.35. The highest BCUT2D eigenvalue weighted by molar-refractivity contribution is 7.13. The van der Waals surface area contributed by atoms with Crippen LogP contribution < -0.4 is 5.32 Å². The van der Waals surface area contributed by atoms with Gasteiger partial charge in [0.1, 0.15) is 0 Å². The minimum atomic E-state index is 0.542. The van der Waals surface area contributed by atoms with Crippen molar-refractivity contribution in [2.75, 3.05) is 0 Å². The highest BCUT2D eigenvalue weighted by atomic mass is 32.1. The van der Waals surface area contributed by atoms with Crippen molar-refractivity contribution in [1.29, 1.82) is 0 Å². The third-order valence-electron chi connectivity index (χ3n) is 2.43. The van der Waals surface area contributed by atoms with E-state index in [9.17, 15) is 0 Å². The number of thiophene rings is 1. The summed E-state index contributed by atoms with van der Waals surface area (Å²) >= 11 is 1.81. The van der Waals surface area contributed by atoms with E-state index in [1.54, 1.807) is 0 Å². The number of hydrogen-bond acceptors (Lipinski definition) is 2. The molecule has 1 nitrogen and oxygen atoms in total. The SMILES string of the molecule is CC(C)NCc1csc(-c2ccccc2)c1. The highest BCUT2D eigenvalue weighted by Crippen LogP contribution is 2.26. The summed E-state index contributed by atoms with van der Waals surface area (Å²) in [5.41, 5.74) is 2.68. The van der Waals surface area contributed by atoms with E-state index in [1.165, 1.54) is 16.0 Å². The Morgan fingerprint density at radius 3 is 2.62 bits per heavy atom. The second kappa shape index (κ2) is 5.28. The summed E-state index contributed by atoms with van der Waals surface area (Å²) in [6.45, 7) is 5.30. The van der Waals surface area contributed by atoms with Crippen molar-refractivity contribution in [2.24, 2.45) is 0 Å².